The third-order valence-corrected chi connectivity index (χ3v) is 5.05. The topological polar surface area (TPSA) is 93.8 Å². The van der Waals surface area contributed by atoms with Crippen LogP contribution in [0.2, 0.25) is 0 Å². The number of nitrogen functional groups attached to an aromatic ring is 1. The van der Waals surface area contributed by atoms with E-state index >= 15 is 0 Å². The lowest BCUT2D eigenvalue weighted by molar-refractivity contribution is 0.102. The fraction of sp³-hybridized carbons (Fsp3) is 0.0476. The summed E-state index contributed by atoms with van der Waals surface area (Å²) in [4.78, 5) is 25.3. The maximum Gasteiger partial charge on any atom is 0.255 e. The molecule has 2 aromatic heterocycles. The molecule has 0 bridgehead atoms. The zero-order valence-corrected chi connectivity index (χ0v) is 15.9. The van der Waals surface area contributed by atoms with Gasteiger partial charge >= 0.3 is 0 Å². The second-order valence-corrected chi connectivity index (χ2v) is 7.12. The van der Waals surface area contributed by atoms with Gasteiger partial charge in [0.1, 0.15) is 17.2 Å². The molecule has 6 nitrogen and oxygen atoms in total. The fourth-order valence-electron chi connectivity index (χ4n) is 2.78. The van der Waals surface area contributed by atoms with Gasteiger partial charge < -0.3 is 11.1 Å². The molecule has 7 heteroatoms. The minimum atomic E-state index is -0.163. The lowest BCUT2D eigenvalue weighted by Crippen LogP contribution is -2.11. The number of nitrogens with zero attached hydrogens (tertiary/aromatic N) is 3. The van der Waals surface area contributed by atoms with Crippen LogP contribution in [-0.4, -0.2) is 20.9 Å². The van der Waals surface area contributed by atoms with Crippen LogP contribution >= 0.6 is 11.3 Å². The molecule has 2 aromatic carbocycles. The normalized spacial score (nSPS) is 10.6. The SMILES string of the molecule is Cc1cccc(NC(=O)c2cccc(-c3csc(-c4cncnc4N)n3)c2)c1. The Morgan fingerprint density at radius 3 is 2.82 bits per heavy atom. The van der Waals surface area contributed by atoms with Crippen LogP contribution in [0, 0.1) is 6.92 Å². The van der Waals surface area contributed by atoms with Crippen LogP contribution in [-0.2, 0) is 0 Å². The standard InChI is InChI=1S/C21H17N5OS/c1-13-4-2-7-16(8-13)25-20(27)15-6-3-5-14(9-15)18-11-28-21(26-18)17-10-23-12-24-19(17)22/h2-12H,1H3,(H,25,27)(H2,22,23,24). The molecule has 0 aliphatic rings. The van der Waals surface area contributed by atoms with Crippen LogP contribution < -0.4 is 11.1 Å². The number of nitrogens with one attached hydrogen (secondary N) is 1. The predicted octanol–water partition coefficient (Wildman–Crippen LogP) is 4.41. The Morgan fingerprint density at radius 1 is 1.14 bits per heavy atom. The van der Waals surface area contributed by atoms with E-state index in [1.807, 2.05) is 54.8 Å². The van der Waals surface area contributed by atoms with Crippen molar-refractivity contribution in [3.05, 3.63) is 77.6 Å². The number of carbonyl (C=O) groups excluding carboxylic acids is 1. The minimum Gasteiger partial charge on any atom is -0.383 e. The van der Waals surface area contributed by atoms with E-state index in [1.54, 1.807) is 12.3 Å². The number of anilines is 2. The molecule has 0 saturated carbocycles. The van der Waals surface area contributed by atoms with Gasteiger partial charge in [0, 0.05) is 28.4 Å². The first kappa shape index (κ1) is 17.8. The first-order valence-electron chi connectivity index (χ1n) is 8.60. The first-order chi connectivity index (χ1) is 13.6. The van der Waals surface area contributed by atoms with Gasteiger partial charge in [0.2, 0.25) is 0 Å². The summed E-state index contributed by atoms with van der Waals surface area (Å²) in [5.41, 5.74) is 10.7. The van der Waals surface area contributed by atoms with Gasteiger partial charge in [-0.25, -0.2) is 15.0 Å². The van der Waals surface area contributed by atoms with E-state index in [1.165, 1.54) is 17.7 Å². The van der Waals surface area contributed by atoms with Gasteiger partial charge in [-0.1, -0.05) is 24.3 Å². The predicted molar refractivity (Wildman–Crippen MR) is 112 cm³/mol. The number of aryl methyl sites for hydroxylation is 1. The Morgan fingerprint density at radius 2 is 2.00 bits per heavy atom. The lowest BCUT2D eigenvalue weighted by atomic mass is 10.1. The molecular formula is C21H17N5OS. The molecule has 0 fully saturated rings. The summed E-state index contributed by atoms with van der Waals surface area (Å²) in [6, 6.07) is 15.1. The highest BCUT2D eigenvalue weighted by Gasteiger charge is 2.12. The van der Waals surface area contributed by atoms with E-state index in [-0.39, 0.29) is 5.91 Å². The largest absolute Gasteiger partial charge is 0.383 e. The van der Waals surface area contributed by atoms with Crippen molar-refractivity contribution >= 4 is 28.7 Å². The van der Waals surface area contributed by atoms with Crippen LogP contribution in [0.25, 0.3) is 21.8 Å². The highest BCUT2D eigenvalue weighted by molar-refractivity contribution is 7.13. The Bertz CT molecular complexity index is 1150. The number of carbonyl (C=O) groups is 1. The van der Waals surface area contributed by atoms with E-state index in [9.17, 15) is 4.79 Å². The summed E-state index contributed by atoms with van der Waals surface area (Å²) < 4.78 is 0. The van der Waals surface area contributed by atoms with E-state index in [2.05, 4.69) is 20.3 Å². The van der Waals surface area contributed by atoms with Gasteiger partial charge in [-0.3, -0.25) is 4.79 Å². The molecule has 0 atom stereocenters. The molecule has 4 rings (SSSR count). The lowest BCUT2D eigenvalue weighted by Gasteiger charge is -2.07. The maximum absolute atomic E-state index is 12.6. The van der Waals surface area contributed by atoms with Crippen molar-refractivity contribution in [2.75, 3.05) is 11.1 Å². The molecule has 0 unspecified atom stereocenters. The average Bonchev–Trinajstić information content (AvgIpc) is 3.18. The van der Waals surface area contributed by atoms with E-state index < -0.39 is 0 Å². The second-order valence-electron chi connectivity index (χ2n) is 6.26. The summed E-state index contributed by atoms with van der Waals surface area (Å²) in [6.07, 6.45) is 3.06. The summed E-state index contributed by atoms with van der Waals surface area (Å²) in [5, 5.41) is 5.59. The molecule has 3 N–H and O–H groups in total. The van der Waals surface area contributed by atoms with Gasteiger partial charge in [0.15, 0.2) is 0 Å². The third-order valence-electron chi connectivity index (χ3n) is 4.17. The summed E-state index contributed by atoms with van der Waals surface area (Å²) >= 11 is 1.46. The van der Waals surface area contributed by atoms with Crippen molar-refractivity contribution in [3.8, 4) is 21.8 Å². The molecule has 2 heterocycles. The minimum absolute atomic E-state index is 0.163. The van der Waals surface area contributed by atoms with Crippen molar-refractivity contribution in [2.24, 2.45) is 0 Å². The zero-order valence-electron chi connectivity index (χ0n) is 15.1. The van der Waals surface area contributed by atoms with Crippen LogP contribution in [0.4, 0.5) is 11.5 Å². The van der Waals surface area contributed by atoms with Gasteiger partial charge in [-0.05, 0) is 36.8 Å². The summed E-state index contributed by atoms with van der Waals surface area (Å²) in [7, 11) is 0. The zero-order chi connectivity index (χ0) is 19.5. The molecular weight excluding hydrogens is 370 g/mol. The quantitative estimate of drug-likeness (QED) is 0.541. The van der Waals surface area contributed by atoms with E-state index in [0.29, 0.717) is 16.9 Å². The van der Waals surface area contributed by atoms with Crippen molar-refractivity contribution in [3.63, 3.8) is 0 Å². The number of rotatable bonds is 4. The molecule has 138 valence electrons. The molecule has 0 aliphatic carbocycles. The smallest absolute Gasteiger partial charge is 0.255 e. The Hall–Kier alpha value is -3.58. The number of hydrogen-bond acceptors (Lipinski definition) is 6. The first-order valence-corrected chi connectivity index (χ1v) is 9.48. The number of benzene rings is 2. The Kier molecular flexibility index (Phi) is 4.82. The molecule has 0 saturated heterocycles. The summed E-state index contributed by atoms with van der Waals surface area (Å²) in [5.74, 6) is 0.228. The monoisotopic (exact) mass is 387 g/mol. The van der Waals surface area contributed by atoms with E-state index in [0.717, 1.165) is 27.5 Å². The van der Waals surface area contributed by atoms with Crippen molar-refractivity contribution < 1.29 is 4.79 Å². The van der Waals surface area contributed by atoms with Gasteiger partial charge in [0.05, 0.1) is 11.3 Å². The number of aromatic nitrogens is 3. The fourth-order valence-corrected chi connectivity index (χ4v) is 3.63. The highest BCUT2D eigenvalue weighted by atomic mass is 32.1. The van der Waals surface area contributed by atoms with Gasteiger partial charge in [-0.15, -0.1) is 11.3 Å². The summed E-state index contributed by atoms with van der Waals surface area (Å²) in [6.45, 7) is 1.99. The van der Waals surface area contributed by atoms with Gasteiger partial charge in [-0.2, -0.15) is 0 Å². The van der Waals surface area contributed by atoms with E-state index in [4.69, 9.17) is 5.73 Å². The number of thiazole rings is 1. The third kappa shape index (κ3) is 3.74. The Balaban J connectivity index is 1.59. The Labute approximate surface area is 166 Å². The number of hydrogen-bond donors (Lipinski definition) is 2. The highest BCUT2D eigenvalue weighted by Crippen LogP contribution is 2.31. The molecule has 0 spiro atoms. The molecule has 0 radical (unpaired) electrons. The van der Waals surface area contributed by atoms with Crippen molar-refractivity contribution in [1.29, 1.82) is 0 Å². The second kappa shape index (κ2) is 7.58. The number of nitrogens with two attached hydrogens (primary N) is 1. The van der Waals surface area contributed by atoms with Crippen molar-refractivity contribution in [2.45, 2.75) is 6.92 Å². The number of amides is 1. The molecule has 28 heavy (non-hydrogen) atoms. The van der Waals surface area contributed by atoms with Crippen LogP contribution in [0.5, 0.6) is 0 Å². The molecule has 4 aromatic rings. The van der Waals surface area contributed by atoms with Crippen molar-refractivity contribution in [1.82, 2.24) is 15.0 Å². The van der Waals surface area contributed by atoms with Crippen LogP contribution in [0.1, 0.15) is 15.9 Å². The maximum atomic E-state index is 12.6. The van der Waals surface area contributed by atoms with Gasteiger partial charge in [0.25, 0.3) is 5.91 Å². The molecule has 1 amide bonds. The molecule has 0 aliphatic heterocycles. The van der Waals surface area contributed by atoms with Crippen LogP contribution in [0.15, 0.2) is 66.4 Å². The van der Waals surface area contributed by atoms with Crippen LogP contribution in [0.3, 0.4) is 0 Å². The average molecular weight is 387 g/mol.